The van der Waals surface area contributed by atoms with E-state index in [1.807, 2.05) is 0 Å². The van der Waals surface area contributed by atoms with Crippen LogP contribution in [0.5, 0.6) is 0 Å². The van der Waals surface area contributed by atoms with Crippen LogP contribution >= 0.6 is 15.9 Å². The Morgan fingerprint density at radius 2 is 2.16 bits per heavy atom. The van der Waals surface area contributed by atoms with Crippen LogP contribution in [-0.4, -0.2) is 23.4 Å². The van der Waals surface area contributed by atoms with E-state index in [2.05, 4.69) is 31.0 Å². The molecule has 0 spiro atoms. The Morgan fingerprint density at radius 3 is 2.68 bits per heavy atom. The summed E-state index contributed by atoms with van der Waals surface area (Å²) in [6, 6.07) is 3.64. The highest BCUT2D eigenvalue weighted by Crippen LogP contribution is 2.23. The molecule has 0 aliphatic rings. The van der Waals surface area contributed by atoms with Crippen molar-refractivity contribution in [1.29, 1.82) is 0 Å². The average Bonchev–Trinajstić information content (AvgIpc) is 2.63. The van der Waals surface area contributed by atoms with Gasteiger partial charge in [-0.25, -0.2) is 9.07 Å². The maximum atomic E-state index is 13.6. The zero-order valence-corrected chi connectivity index (χ0v) is 12.0. The molecule has 7 nitrogen and oxygen atoms in total. The van der Waals surface area contributed by atoms with E-state index in [9.17, 15) is 12.8 Å². The number of anilines is 2. The zero-order chi connectivity index (χ0) is 14.2. The number of nitrogen functional groups attached to an aromatic ring is 1. The van der Waals surface area contributed by atoms with Crippen molar-refractivity contribution < 1.29 is 12.8 Å². The molecule has 0 amide bonds. The fourth-order valence-electron chi connectivity index (χ4n) is 1.42. The van der Waals surface area contributed by atoms with Crippen LogP contribution in [0.25, 0.3) is 0 Å². The van der Waals surface area contributed by atoms with Gasteiger partial charge in [0.25, 0.3) is 10.0 Å². The molecule has 1 aromatic heterocycles. The van der Waals surface area contributed by atoms with Crippen LogP contribution in [0.4, 0.5) is 15.8 Å². The second-order valence-corrected chi connectivity index (χ2v) is 6.00. The lowest BCUT2D eigenvalue weighted by atomic mass is 10.3. The molecule has 0 bridgehead atoms. The van der Waals surface area contributed by atoms with Gasteiger partial charge < -0.3 is 5.73 Å². The predicted molar refractivity (Wildman–Crippen MR) is 70.3 cm³/mol. The van der Waals surface area contributed by atoms with Crippen molar-refractivity contribution in [3.63, 3.8) is 0 Å². The molecule has 19 heavy (non-hydrogen) atoms. The highest BCUT2D eigenvalue weighted by molar-refractivity contribution is 9.10. The molecule has 0 saturated heterocycles. The smallest absolute Gasteiger partial charge is 0.282 e. The number of halogens is 2. The van der Waals surface area contributed by atoms with Gasteiger partial charge in [-0.3, -0.25) is 4.72 Å². The Morgan fingerprint density at radius 1 is 1.47 bits per heavy atom. The topological polar surface area (TPSA) is 103 Å². The monoisotopic (exact) mass is 349 g/mol. The van der Waals surface area contributed by atoms with Crippen molar-refractivity contribution in [2.45, 2.75) is 5.03 Å². The Labute approximate surface area is 116 Å². The van der Waals surface area contributed by atoms with Gasteiger partial charge in [-0.05, 0) is 34.1 Å². The van der Waals surface area contributed by atoms with Gasteiger partial charge in [-0.15, -0.1) is 5.10 Å². The summed E-state index contributed by atoms with van der Waals surface area (Å²) in [6.07, 6.45) is 0. The molecule has 0 unspecified atom stereocenters. The minimum atomic E-state index is -4.01. The van der Waals surface area contributed by atoms with E-state index in [4.69, 9.17) is 5.73 Å². The number of benzene rings is 1. The van der Waals surface area contributed by atoms with Crippen molar-refractivity contribution in [1.82, 2.24) is 15.0 Å². The number of sulfonamides is 1. The number of nitrogens with one attached hydrogen (secondary N) is 1. The Bertz CT molecular complexity index is 711. The molecule has 1 aromatic carbocycles. The van der Waals surface area contributed by atoms with E-state index in [1.165, 1.54) is 19.2 Å². The zero-order valence-electron chi connectivity index (χ0n) is 9.63. The number of nitrogens with two attached hydrogens (primary N) is 1. The molecule has 0 radical (unpaired) electrons. The number of hydrogen-bond acceptors (Lipinski definition) is 5. The van der Waals surface area contributed by atoms with Crippen LogP contribution in [0.1, 0.15) is 0 Å². The largest absolute Gasteiger partial charge is 0.399 e. The van der Waals surface area contributed by atoms with Gasteiger partial charge in [0, 0.05) is 12.7 Å². The Hall–Kier alpha value is -1.68. The minimum absolute atomic E-state index is 0.0401. The van der Waals surface area contributed by atoms with Crippen molar-refractivity contribution >= 4 is 37.3 Å². The van der Waals surface area contributed by atoms with Gasteiger partial charge in [0.2, 0.25) is 5.03 Å². The summed E-state index contributed by atoms with van der Waals surface area (Å²) in [6.45, 7) is 0. The fourth-order valence-corrected chi connectivity index (χ4v) is 3.58. The van der Waals surface area contributed by atoms with Crippen LogP contribution in [0.3, 0.4) is 0 Å². The molecular weight excluding hydrogens is 341 g/mol. The van der Waals surface area contributed by atoms with Crippen LogP contribution in [0, 0.1) is 5.82 Å². The van der Waals surface area contributed by atoms with E-state index in [0.717, 1.165) is 10.7 Å². The number of rotatable bonds is 3. The van der Waals surface area contributed by atoms with Crippen molar-refractivity contribution in [2.75, 3.05) is 10.5 Å². The predicted octanol–water partition coefficient (Wildman–Crippen LogP) is 1.10. The van der Waals surface area contributed by atoms with Crippen LogP contribution in [0.2, 0.25) is 0 Å². The lowest BCUT2D eigenvalue weighted by Gasteiger charge is -2.09. The first-order valence-corrected chi connectivity index (χ1v) is 7.22. The second-order valence-electron chi connectivity index (χ2n) is 3.65. The number of aromatic nitrogens is 3. The first kappa shape index (κ1) is 13.7. The normalized spacial score (nSPS) is 11.5. The summed E-state index contributed by atoms with van der Waals surface area (Å²) in [7, 11) is -2.60. The van der Waals surface area contributed by atoms with Gasteiger partial charge in [0.15, 0.2) is 4.60 Å². The fraction of sp³-hybridized carbons (Fsp3) is 0.111. The molecule has 0 atom stereocenters. The van der Waals surface area contributed by atoms with Crippen LogP contribution in [0.15, 0.2) is 27.8 Å². The molecule has 0 aliphatic heterocycles. The lowest BCUT2D eigenvalue weighted by Crippen LogP contribution is -2.18. The molecule has 0 fully saturated rings. The third-order valence-electron chi connectivity index (χ3n) is 2.23. The van der Waals surface area contributed by atoms with E-state index in [0.29, 0.717) is 0 Å². The van der Waals surface area contributed by atoms with E-state index in [-0.39, 0.29) is 21.0 Å². The molecule has 102 valence electrons. The molecule has 3 N–H and O–H groups in total. The Balaban J connectivity index is 2.42. The average molecular weight is 350 g/mol. The summed E-state index contributed by atoms with van der Waals surface area (Å²) < 4.78 is 41.0. The van der Waals surface area contributed by atoms with Crippen LogP contribution in [-0.2, 0) is 17.1 Å². The van der Waals surface area contributed by atoms with Gasteiger partial charge in [0.1, 0.15) is 5.82 Å². The Kier molecular flexibility index (Phi) is 3.45. The maximum Gasteiger partial charge on any atom is 0.282 e. The maximum absolute atomic E-state index is 13.6. The highest BCUT2D eigenvalue weighted by atomic mass is 79.9. The summed E-state index contributed by atoms with van der Waals surface area (Å²) in [5, 5.41) is 6.90. The van der Waals surface area contributed by atoms with Gasteiger partial charge >= 0.3 is 0 Å². The highest BCUT2D eigenvalue weighted by Gasteiger charge is 2.24. The van der Waals surface area contributed by atoms with Gasteiger partial charge in [-0.1, -0.05) is 5.21 Å². The number of hydrogen-bond donors (Lipinski definition) is 2. The molecule has 10 heteroatoms. The molecule has 0 saturated carbocycles. The van der Waals surface area contributed by atoms with Crippen LogP contribution < -0.4 is 10.5 Å². The first-order valence-electron chi connectivity index (χ1n) is 4.94. The van der Waals surface area contributed by atoms with Crippen molar-refractivity contribution in [3.05, 3.63) is 28.6 Å². The van der Waals surface area contributed by atoms with E-state index >= 15 is 0 Å². The quantitative estimate of drug-likeness (QED) is 0.807. The summed E-state index contributed by atoms with van der Waals surface area (Å²) >= 11 is 2.97. The number of aryl methyl sites for hydroxylation is 1. The van der Waals surface area contributed by atoms with Gasteiger partial charge in [0.05, 0.1) is 5.69 Å². The standard InChI is InChI=1S/C9H9BrFN5O2S/c1-16-9(8(10)13-15-16)19(17,18)14-7-3-2-5(12)4-6(7)11/h2-4,14H,12H2,1H3. The second kappa shape index (κ2) is 4.78. The first-order chi connectivity index (χ1) is 8.81. The molecule has 2 aromatic rings. The van der Waals surface area contributed by atoms with E-state index in [1.54, 1.807) is 0 Å². The summed E-state index contributed by atoms with van der Waals surface area (Å²) in [4.78, 5) is 0. The lowest BCUT2D eigenvalue weighted by molar-refractivity contribution is 0.577. The molecule has 0 aliphatic carbocycles. The van der Waals surface area contributed by atoms with Gasteiger partial charge in [-0.2, -0.15) is 8.42 Å². The van der Waals surface area contributed by atoms with Crippen molar-refractivity contribution in [3.8, 4) is 0 Å². The molecule has 2 rings (SSSR count). The third-order valence-corrected chi connectivity index (χ3v) is 4.48. The summed E-state index contributed by atoms with van der Waals surface area (Å²) in [5.41, 5.74) is 5.38. The molecule has 1 heterocycles. The molecular formula is C9H9BrFN5O2S. The van der Waals surface area contributed by atoms with Crippen molar-refractivity contribution in [2.24, 2.45) is 7.05 Å². The third kappa shape index (κ3) is 2.68. The SMILES string of the molecule is Cn1nnc(Br)c1S(=O)(=O)Nc1ccc(N)cc1F. The van der Waals surface area contributed by atoms with E-state index < -0.39 is 15.8 Å². The summed E-state index contributed by atoms with van der Waals surface area (Å²) in [5.74, 6) is -0.769. The number of nitrogens with zero attached hydrogens (tertiary/aromatic N) is 3. The minimum Gasteiger partial charge on any atom is -0.399 e.